The average Bonchev–Trinajstić information content (AvgIpc) is 2.79. The zero-order valence-electron chi connectivity index (χ0n) is 17.2. The Morgan fingerprint density at radius 3 is 2.64 bits per heavy atom. The summed E-state index contributed by atoms with van der Waals surface area (Å²) in [5.74, 6) is -5.36. The van der Waals surface area contributed by atoms with Crippen LogP contribution in [0.5, 0.6) is 0 Å². The number of aliphatic hydroxyl groups is 1. The fraction of sp³-hybridized carbons (Fsp3) is 0.250. The predicted octanol–water partition coefficient (Wildman–Crippen LogP) is 3.02. The van der Waals surface area contributed by atoms with Gasteiger partial charge in [0, 0.05) is 9.13 Å². The number of esters is 1. The van der Waals surface area contributed by atoms with Crippen LogP contribution < -0.4 is 10.8 Å². The smallest absolute Gasteiger partial charge is 0.359 e. The minimum Gasteiger partial charge on any atom is -0.469 e. The summed E-state index contributed by atoms with van der Waals surface area (Å²) in [6.07, 6.45) is 0.673. The third-order valence-corrected chi connectivity index (χ3v) is 4.59. The third kappa shape index (κ3) is 7.57. The van der Waals surface area contributed by atoms with Crippen LogP contribution in [0.15, 0.2) is 29.4 Å². The van der Waals surface area contributed by atoms with Crippen molar-refractivity contribution in [1.29, 1.82) is 0 Å². The number of hydroxylamine groups is 1. The number of hydrogen-bond donors (Lipinski definition) is 3. The van der Waals surface area contributed by atoms with Crippen molar-refractivity contribution < 1.29 is 42.3 Å². The lowest BCUT2D eigenvalue weighted by Crippen LogP contribution is -2.24. The highest BCUT2D eigenvalue weighted by Crippen LogP contribution is 2.30. The van der Waals surface area contributed by atoms with Gasteiger partial charge in [0.25, 0.3) is 0 Å². The summed E-state index contributed by atoms with van der Waals surface area (Å²) in [5, 5.41) is 14.6. The zero-order chi connectivity index (χ0) is 24.4. The number of aliphatic hydroxyl groups excluding tert-OH is 1. The summed E-state index contributed by atoms with van der Waals surface area (Å²) in [6, 6.07) is 4.89. The van der Waals surface area contributed by atoms with Crippen molar-refractivity contribution in [3.63, 3.8) is 0 Å². The maximum absolute atomic E-state index is 14.9. The molecule has 0 atom stereocenters. The van der Waals surface area contributed by atoms with E-state index in [1.165, 1.54) is 19.2 Å². The number of nitrogens with zero attached hydrogens (tertiary/aromatic N) is 1. The van der Waals surface area contributed by atoms with Gasteiger partial charge in [0.1, 0.15) is 12.4 Å². The second-order valence-corrected chi connectivity index (χ2v) is 7.41. The maximum Gasteiger partial charge on any atom is 0.359 e. The molecular weight excluding hydrogens is 562 g/mol. The standard InChI is InChI=1S/C20H19F3IN3O6/c1-31-16(29)4-7-32-26-10-11-8-13(20(30)33-25-5-6-28)19(18(23)17(11)22)27-15-3-2-12(24)9-14(15)21/h2-3,8-10,25,27-28H,4-7H2,1H3/b26-10+. The van der Waals surface area contributed by atoms with E-state index in [2.05, 4.69) is 20.7 Å². The quantitative estimate of drug-likeness (QED) is 0.122. The highest BCUT2D eigenvalue weighted by molar-refractivity contribution is 14.1. The molecule has 0 saturated heterocycles. The Morgan fingerprint density at radius 2 is 1.97 bits per heavy atom. The van der Waals surface area contributed by atoms with Gasteiger partial charge in [-0.05, 0) is 46.9 Å². The third-order valence-electron chi connectivity index (χ3n) is 3.92. The van der Waals surface area contributed by atoms with Crippen molar-refractivity contribution in [1.82, 2.24) is 5.48 Å². The summed E-state index contributed by atoms with van der Waals surface area (Å²) in [5.41, 5.74) is 0.298. The molecule has 2 aromatic rings. The van der Waals surface area contributed by atoms with Gasteiger partial charge in [0.2, 0.25) is 0 Å². The molecule has 0 fully saturated rings. The molecular formula is C20H19F3IN3O6. The summed E-state index contributed by atoms with van der Waals surface area (Å²) >= 11 is 1.87. The first-order chi connectivity index (χ1) is 15.8. The van der Waals surface area contributed by atoms with Crippen molar-refractivity contribution in [3.05, 3.63) is 56.4 Å². The van der Waals surface area contributed by atoms with Crippen LogP contribution in [-0.2, 0) is 19.2 Å². The Balaban J connectivity index is 2.37. The molecule has 0 aliphatic carbocycles. The number of oxime groups is 1. The first-order valence-corrected chi connectivity index (χ1v) is 10.4. The SMILES string of the molecule is COC(=O)CCO/N=C/c1cc(C(=O)ONCCO)c(Nc2ccc(I)cc2F)c(F)c1F. The van der Waals surface area contributed by atoms with Crippen LogP contribution in [0, 0.1) is 21.0 Å². The van der Waals surface area contributed by atoms with Crippen LogP contribution >= 0.6 is 22.6 Å². The van der Waals surface area contributed by atoms with Gasteiger partial charge in [-0.25, -0.2) is 18.0 Å². The van der Waals surface area contributed by atoms with Crippen molar-refractivity contribution in [2.75, 3.05) is 32.2 Å². The number of halogens is 4. The fourth-order valence-corrected chi connectivity index (χ4v) is 2.80. The van der Waals surface area contributed by atoms with Gasteiger partial charge in [0.05, 0.1) is 49.8 Å². The Bertz CT molecular complexity index is 1040. The Kier molecular flexibility index (Phi) is 10.3. The number of ether oxygens (including phenoxy) is 1. The Hall–Kier alpha value is -2.91. The predicted molar refractivity (Wildman–Crippen MR) is 119 cm³/mol. The van der Waals surface area contributed by atoms with E-state index in [4.69, 9.17) is 14.8 Å². The summed E-state index contributed by atoms with van der Waals surface area (Å²) in [7, 11) is 1.19. The fourth-order valence-electron chi connectivity index (χ4n) is 2.34. The maximum atomic E-state index is 14.9. The number of rotatable bonds is 11. The molecule has 0 spiro atoms. The number of anilines is 2. The number of nitrogens with one attached hydrogen (secondary N) is 2. The molecule has 0 bridgehead atoms. The molecule has 2 aromatic carbocycles. The van der Waals surface area contributed by atoms with E-state index in [1.807, 2.05) is 22.6 Å². The monoisotopic (exact) mass is 581 g/mol. The van der Waals surface area contributed by atoms with Crippen LogP contribution in [0.3, 0.4) is 0 Å². The molecule has 9 nitrogen and oxygen atoms in total. The molecule has 0 saturated carbocycles. The zero-order valence-corrected chi connectivity index (χ0v) is 19.3. The largest absolute Gasteiger partial charge is 0.469 e. The minimum absolute atomic E-state index is 0.119. The van der Waals surface area contributed by atoms with Crippen molar-refractivity contribution >= 4 is 52.1 Å². The van der Waals surface area contributed by atoms with Crippen LogP contribution in [0.1, 0.15) is 22.3 Å². The van der Waals surface area contributed by atoms with Crippen molar-refractivity contribution in [3.8, 4) is 0 Å². The number of carbonyl (C=O) groups is 2. The average molecular weight is 581 g/mol. The number of methoxy groups -OCH3 is 1. The van der Waals surface area contributed by atoms with E-state index in [0.717, 1.165) is 18.3 Å². The Labute approximate surface area is 200 Å². The summed E-state index contributed by atoms with van der Waals surface area (Å²) < 4.78 is 48.8. The highest BCUT2D eigenvalue weighted by atomic mass is 127. The molecule has 0 aliphatic heterocycles. The second kappa shape index (κ2) is 13.0. The molecule has 33 heavy (non-hydrogen) atoms. The second-order valence-electron chi connectivity index (χ2n) is 6.17. The first kappa shape index (κ1) is 26.3. The summed E-state index contributed by atoms with van der Waals surface area (Å²) in [6.45, 7) is -0.657. The van der Waals surface area contributed by atoms with E-state index in [-0.39, 0.29) is 31.9 Å². The molecule has 178 valence electrons. The van der Waals surface area contributed by atoms with E-state index in [1.54, 1.807) is 0 Å². The van der Waals surface area contributed by atoms with Crippen LogP contribution in [0.4, 0.5) is 24.5 Å². The molecule has 0 radical (unpaired) electrons. The molecule has 13 heteroatoms. The van der Waals surface area contributed by atoms with E-state index >= 15 is 0 Å². The Morgan fingerprint density at radius 1 is 1.21 bits per heavy atom. The lowest BCUT2D eigenvalue weighted by atomic mass is 10.1. The van der Waals surface area contributed by atoms with Gasteiger partial charge in [-0.2, -0.15) is 5.48 Å². The lowest BCUT2D eigenvalue weighted by Gasteiger charge is -2.15. The van der Waals surface area contributed by atoms with E-state index in [9.17, 15) is 22.8 Å². The molecule has 0 heterocycles. The molecule has 0 amide bonds. The van der Waals surface area contributed by atoms with Crippen LogP contribution in [-0.4, -0.2) is 50.1 Å². The number of hydrogen-bond acceptors (Lipinski definition) is 9. The molecule has 0 aromatic heterocycles. The van der Waals surface area contributed by atoms with Crippen molar-refractivity contribution in [2.45, 2.75) is 6.42 Å². The van der Waals surface area contributed by atoms with Gasteiger partial charge < -0.3 is 24.8 Å². The number of carbonyl (C=O) groups excluding carboxylic acids is 2. The van der Waals surface area contributed by atoms with Gasteiger partial charge in [-0.15, -0.1) is 0 Å². The van der Waals surface area contributed by atoms with Gasteiger partial charge in [0.15, 0.2) is 11.6 Å². The van der Waals surface area contributed by atoms with Crippen molar-refractivity contribution in [2.24, 2.45) is 5.16 Å². The molecule has 0 aliphatic rings. The van der Waals surface area contributed by atoms with E-state index in [0.29, 0.717) is 3.57 Å². The number of benzene rings is 2. The topological polar surface area (TPSA) is 118 Å². The highest BCUT2D eigenvalue weighted by Gasteiger charge is 2.24. The normalized spacial score (nSPS) is 10.8. The van der Waals surface area contributed by atoms with Crippen LogP contribution in [0.2, 0.25) is 0 Å². The molecule has 3 N–H and O–H groups in total. The van der Waals surface area contributed by atoms with Crippen LogP contribution in [0.25, 0.3) is 0 Å². The molecule has 0 unspecified atom stereocenters. The molecule has 2 rings (SSSR count). The van der Waals surface area contributed by atoms with Gasteiger partial charge >= 0.3 is 11.9 Å². The summed E-state index contributed by atoms with van der Waals surface area (Å²) in [4.78, 5) is 33.0. The van der Waals surface area contributed by atoms with Gasteiger partial charge in [-0.3, -0.25) is 4.79 Å². The minimum atomic E-state index is -1.50. The van der Waals surface area contributed by atoms with Gasteiger partial charge in [-0.1, -0.05) is 5.16 Å². The first-order valence-electron chi connectivity index (χ1n) is 9.29. The van der Waals surface area contributed by atoms with E-state index < -0.39 is 46.2 Å². The lowest BCUT2D eigenvalue weighted by molar-refractivity contribution is -0.141.